The van der Waals surface area contributed by atoms with Crippen molar-refractivity contribution < 1.29 is 5.11 Å². The van der Waals surface area contributed by atoms with E-state index in [2.05, 4.69) is 56.3 Å². The van der Waals surface area contributed by atoms with Gasteiger partial charge >= 0.3 is 0 Å². The van der Waals surface area contributed by atoms with E-state index < -0.39 is 0 Å². The van der Waals surface area contributed by atoms with Gasteiger partial charge in [-0.25, -0.2) is 0 Å². The SMILES string of the molecule is Cc1ccc(CC(O)C2CC2c2ccccc2)cc1C. The van der Waals surface area contributed by atoms with Crippen LogP contribution in [0, 0.1) is 19.8 Å². The smallest absolute Gasteiger partial charge is 0.0614 e. The zero-order chi connectivity index (χ0) is 14.1. The summed E-state index contributed by atoms with van der Waals surface area (Å²) in [6.07, 6.45) is 1.67. The Balaban J connectivity index is 1.63. The molecule has 1 aliphatic carbocycles. The number of rotatable bonds is 4. The van der Waals surface area contributed by atoms with Crippen LogP contribution in [0.2, 0.25) is 0 Å². The van der Waals surface area contributed by atoms with Gasteiger partial charge in [-0.1, -0.05) is 48.5 Å². The van der Waals surface area contributed by atoms with Crippen molar-refractivity contribution in [3.8, 4) is 0 Å². The first-order valence-electron chi connectivity index (χ1n) is 7.44. The highest BCUT2D eigenvalue weighted by Gasteiger charge is 2.42. The average molecular weight is 266 g/mol. The van der Waals surface area contributed by atoms with Gasteiger partial charge in [-0.15, -0.1) is 0 Å². The normalized spacial score (nSPS) is 22.6. The molecule has 1 heteroatoms. The summed E-state index contributed by atoms with van der Waals surface area (Å²) >= 11 is 0. The Labute approximate surface area is 121 Å². The van der Waals surface area contributed by atoms with Crippen LogP contribution >= 0.6 is 0 Å². The third-order valence-electron chi connectivity index (χ3n) is 4.58. The molecule has 2 aromatic carbocycles. The van der Waals surface area contributed by atoms with Crippen LogP contribution in [-0.2, 0) is 6.42 Å². The van der Waals surface area contributed by atoms with Crippen molar-refractivity contribution in [2.75, 3.05) is 0 Å². The molecule has 0 spiro atoms. The van der Waals surface area contributed by atoms with Crippen molar-refractivity contribution in [2.24, 2.45) is 5.92 Å². The van der Waals surface area contributed by atoms with E-state index in [1.807, 2.05) is 6.07 Å². The lowest BCUT2D eigenvalue weighted by Crippen LogP contribution is -2.14. The number of hydrogen-bond acceptors (Lipinski definition) is 1. The molecule has 104 valence electrons. The van der Waals surface area contributed by atoms with Gasteiger partial charge in [-0.2, -0.15) is 0 Å². The highest BCUT2D eigenvalue weighted by molar-refractivity contribution is 5.31. The number of aliphatic hydroxyl groups is 1. The summed E-state index contributed by atoms with van der Waals surface area (Å²) in [5, 5.41) is 10.4. The molecule has 3 unspecified atom stereocenters. The molecule has 0 heterocycles. The Morgan fingerprint density at radius 3 is 2.50 bits per heavy atom. The summed E-state index contributed by atoms with van der Waals surface area (Å²) in [6, 6.07) is 17.1. The van der Waals surface area contributed by atoms with Crippen LogP contribution in [0.25, 0.3) is 0 Å². The fourth-order valence-corrected chi connectivity index (χ4v) is 3.05. The molecular weight excluding hydrogens is 244 g/mol. The van der Waals surface area contributed by atoms with Crippen molar-refractivity contribution in [3.63, 3.8) is 0 Å². The number of benzene rings is 2. The molecule has 0 saturated heterocycles. The van der Waals surface area contributed by atoms with Gasteiger partial charge in [0.2, 0.25) is 0 Å². The van der Waals surface area contributed by atoms with Gasteiger partial charge in [0.05, 0.1) is 6.10 Å². The van der Waals surface area contributed by atoms with Gasteiger partial charge in [0.15, 0.2) is 0 Å². The molecule has 20 heavy (non-hydrogen) atoms. The summed E-state index contributed by atoms with van der Waals surface area (Å²) in [4.78, 5) is 0. The monoisotopic (exact) mass is 266 g/mol. The lowest BCUT2D eigenvalue weighted by Gasteiger charge is -2.12. The second kappa shape index (κ2) is 5.41. The molecular formula is C19H22O. The fourth-order valence-electron chi connectivity index (χ4n) is 3.05. The Morgan fingerprint density at radius 1 is 1.05 bits per heavy atom. The maximum atomic E-state index is 10.4. The van der Waals surface area contributed by atoms with Gasteiger partial charge in [-0.05, 0) is 60.8 Å². The van der Waals surface area contributed by atoms with Gasteiger partial charge in [0.1, 0.15) is 0 Å². The first-order chi connectivity index (χ1) is 9.65. The minimum absolute atomic E-state index is 0.220. The summed E-state index contributed by atoms with van der Waals surface area (Å²) in [5.41, 5.74) is 5.25. The topological polar surface area (TPSA) is 20.2 Å². The maximum Gasteiger partial charge on any atom is 0.0614 e. The van der Waals surface area contributed by atoms with Crippen molar-refractivity contribution in [3.05, 3.63) is 70.8 Å². The first kappa shape index (κ1) is 13.4. The van der Waals surface area contributed by atoms with Crippen LogP contribution in [0.4, 0.5) is 0 Å². The van der Waals surface area contributed by atoms with Crippen LogP contribution < -0.4 is 0 Å². The summed E-state index contributed by atoms with van der Waals surface area (Å²) < 4.78 is 0. The van der Waals surface area contributed by atoms with E-state index in [0.717, 1.165) is 12.8 Å². The van der Waals surface area contributed by atoms with Crippen molar-refractivity contribution in [2.45, 2.75) is 38.7 Å². The lowest BCUT2D eigenvalue weighted by atomic mass is 9.98. The largest absolute Gasteiger partial charge is 0.392 e. The lowest BCUT2D eigenvalue weighted by molar-refractivity contribution is 0.149. The highest BCUT2D eigenvalue weighted by Crippen LogP contribution is 2.50. The molecule has 0 aliphatic heterocycles. The molecule has 3 rings (SSSR count). The predicted molar refractivity (Wildman–Crippen MR) is 82.9 cm³/mol. The Kier molecular flexibility index (Phi) is 3.62. The zero-order valence-corrected chi connectivity index (χ0v) is 12.2. The van der Waals surface area contributed by atoms with E-state index >= 15 is 0 Å². The molecule has 1 N–H and O–H groups in total. The van der Waals surface area contributed by atoms with E-state index in [1.54, 1.807) is 0 Å². The number of hydrogen-bond donors (Lipinski definition) is 1. The van der Waals surface area contributed by atoms with Crippen molar-refractivity contribution in [1.82, 2.24) is 0 Å². The molecule has 0 radical (unpaired) electrons. The number of aryl methyl sites for hydroxylation is 2. The maximum absolute atomic E-state index is 10.4. The molecule has 0 bridgehead atoms. The van der Waals surface area contributed by atoms with Crippen LogP contribution in [0.5, 0.6) is 0 Å². The van der Waals surface area contributed by atoms with E-state index in [1.165, 1.54) is 22.3 Å². The third kappa shape index (κ3) is 2.78. The van der Waals surface area contributed by atoms with Gasteiger partial charge in [0.25, 0.3) is 0 Å². The predicted octanol–water partition coefficient (Wildman–Crippen LogP) is 4.01. The zero-order valence-electron chi connectivity index (χ0n) is 12.2. The van der Waals surface area contributed by atoms with Gasteiger partial charge in [0, 0.05) is 0 Å². The molecule has 1 fully saturated rings. The van der Waals surface area contributed by atoms with E-state index in [4.69, 9.17) is 0 Å². The first-order valence-corrected chi connectivity index (χ1v) is 7.44. The van der Waals surface area contributed by atoms with Crippen LogP contribution in [-0.4, -0.2) is 11.2 Å². The van der Waals surface area contributed by atoms with E-state index in [-0.39, 0.29) is 6.10 Å². The van der Waals surface area contributed by atoms with Gasteiger partial charge < -0.3 is 5.11 Å². The molecule has 2 aromatic rings. The number of aliphatic hydroxyl groups excluding tert-OH is 1. The molecule has 3 atom stereocenters. The third-order valence-corrected chi connectivity index (χ3v) is 4.58. The van der Waals surface area contributed by atoms with Crippen molar-refractivity contribution in [1.29, 1.82) is 0 Å². The summed E-state index contributed by atoms with van der Waals surface area (Å²) in [6.45, 7) is 4.26. The molecule has 1 saturated carbocycles. The summed E-state index contributed by atoms with van der Waals surface area (Å²) in [5.74, 6) is 0.983. The molecule has 1 aliphatic rings. The molecule has 1 nitrogen and oxygen atoms in total. The van der Waals surface area contributed by atoms with Gasteiger partial charge in [-0.3, -0.25) is 0 Å². The van der Waals surface area contributed by atoms with Crippen LogP contribution in [0.3, 0.4) is 0 Å². The van der Waals surface area contributed by atoms with E-state index in [9.17, 15) is 5.11 Å². The minimum Gasteiger partial charge on any atom is -0.392 e. The van der Waals surface area contributed by atoms with Crippen molar-refractivity contribution >= 4 is 0 Å². The summed E-state index contributed by atoms with van der Waals surface area (Å²) in [7, 11) is 0. The average Bonchev–Trinajstić information content (AvgIpc) is 3.24. The molecule has 0 aromatic heterocycles. The minimum atomic E-state index is -0.220. The van der Waals surface area contributed by atoms with Crippen LogP contribution in [0.1, 0.15) is 34.6 Å². The quantitative estimate of drug-likeness (QED) is 0.886. The fraction of sp³-hybridized carbons (Fsp3) is 0.368. The standard InChI is InChI=1S/C19H22O/c1-13-8-9-15(10-14(13)2)11-19(20)18-12-17(18)16-6-4-3-5-7-16/h3-10,17-20H,11-12H2,1-2H3. The van der Waals surface area contributed by atoms with E-state index in [0.29, 0.717) is 11.8 Å². The Morgan fingerprint density at radius 2 is 1.80 bits per heavy atom. The Hall–Kier alpha value is -1.60. The molecule has 0 amide bonds. The Bertz CT molecular complexity index is 588. The second-order valence-electron chi connectivity index (χ2n) is 6.11. The van der Waals surface area contributed by atoms with Crippen LogP contribution in [0.15, 0.2) is 48.5 Å². The second-order valence-corrected chi connectivity index (χ2v) is 6.11. The highest BCUT2D eigenvalue weighted by atomic mass is 16.3.